The average molecular weight is 305 g/mol. The van der Waals surface area contributed by atoms with Crippen LogP contribution in [0.1, 0.15) is 6.92 Å². The van der Waals surface area contributed by atoms with E-state index < -0.39 is 0 Å². The molecule has 1 atom stereocenters. The lowest BCUT2D eigenvalue weighted by Gasteiger charge is -2.21. The second kappa shape index (κ2) is 5.73. The minimum Gasteiger partial charge on any atom is -0.365 e. The van der Waals surface area contributed by atoms with E-state index in [1.807, 2.05) is 21.6 Å². The Balaban J connectivity index is 0.000000254. The fourth-order valence-electron chi connectivity index (χ4n) is 2.28. The number of carbonyl (C=O) groups is 2. The minimum atomic E-state index is 0.00546. The third kappa shape index (κ3) is 3.15. The third-order valence-corrected chi connectivity index (χ3v) is 3.86. The molecule has 4 rings (SSSR count). The van der Waals surface area contributed by atoms with Gasteiger partial charge in [0.25, 0.3) is 0 Å². The van der Waals surface area contributed by atoms with E-state index in [-0.39, 0.29) is 17.6 Å². The van der Waals surface area contributed by atoms with Crippen LogP contribution in [0.15, 0.2) is 23.2 Å². The maximum absolute atomic E-state index is 12.4. The average Bonchev–Trinajstić information content (AvgIpc) is 3.34. The number of rotatable bonds is 4. The maximum Gasteiger partial charge on any atom is 0.227 e. The number of hydrogen-bond acceptors (Lipinski definition) is 7. The highest BCUT2D eigenvalue weighted by molar-refractivity contribution is 6.22. The molecule has 0 spiro atoms. The number of hydrogen-bond donors (Lipinski definition) is 2. The Morgan fingerprint density at radius 1 is 1.00 bits per heavy atom. The van der Waals surface area contributed by atoms with Crippen LogP contribution < -0.4 is 11.5 Å². The van der Waals surface area contributed by atoms with Crippen LogP contribution in [-0.2, 0) is 9.59 Å². The molecule has 3 heterocycles. The normalized spacial score (nSPS) is 24.0. The van der Waals surface area contributed by atoms with Crippen LogP contribution in [0.3, 0.4) is 0 Å². The Bertz CT molecular complexity index is 554. The van der Waals surface area contributed by atoms with Crippen molar-refractivity contribution in [2.75, 3.05) is 45.8 Å². The molecule has 3 fully saturated rings. The molecule has 0 amide bonds. The second-order valence-corrected chi connectivity index (χ2v) is 6.09. The molecule has 0 bridgehead atoms. The lowest BCUT2D eigenvalue weighted by molar-refractivity contribution is -0.117. The Kier molecular flexibility index (Phi) is 3.92. The van der Waals surface area contributed by atoms with Crippen molar-refractivity contribution in [2.45, 2.75) is 13.0 Å². The fourth-order valence-corrected chi connectivity index (χ4v) is 2.28. The summed E-state index contributed by atoms with van der Waals surface area (Å²) in [7, 11) is 0. The molecule has 1 aliphatic carbocycles. The summed E-state index contributed by atoms with van der Waals surface area (Å²) in [6.07, 6.45) is 1.52. The summed E-state index contributed by atoms with van der Waals surface area (Å²) in [6, 6.07) is 0.162. The summed E-state index contributed by atoms with van der Waals surface area (Å²) in [6.45, 7) is 7.86. The van der Waals surface area contributed by atoms with Gasteiger partial charge in [0, 0.05) is 57.9 Å². The maximum atomic E-state index is 12.4. The zero-order valence-electron chi connectivity index (χ0n) is 12.9. The van der Waals surface area contributed by atoms with Crippen LogP contribution >= 0.6 is 0 Å². The molecular weight excluding hydrogens is 282 g/mol. The second-order valence-electron chi connectivity index (χ2n) is 6.09. The van der Waals surface area contributed by atoms with Crippen molar-refractivity contribution in [3.8, 4) is 0 Å². The van der Waals surface area contributed by atoms with Crippen LogP contribution in [-0.4, -0.2) is 78.1 Å². The molecule has 120 valence electrons. The largest absolute Gasteiger partial charge is 0.365 e. The van der Waals surface area contributed by atoms with Crippen molar-refractivity contribution in [1.82, 2.24) is 14.7 Å². The van der Waals surface area contributed by atoms with E-state index >= 15 is 0 Å². The van der Waals surface area contributed by atoms with Crippen molar-refractivity contribution in [1.29, 1.82) is 0 Å². The van der Waals surface area contributed by atoms with Crippen molar-refractivity contribution < 1.29 is 9.59 Å². The van der Waals surface area contributed by atoms with Crippen LogP contribution in [0, 0.1) is 0 Å². The van der Waals surface area contributed by atoms with Crippen molar-refractivity contribution >= 4 is 11.6 Å². The molecule has 1 unspecified atom stereocenters. The van der Waals surface area contributed by atoms with E-state index in [0.29, 0.717) is 23.6 Å². The highest BCUT2D eigenvalue weighted by Gasteiger charge is 2.43. The van der Waals surface area contributed by atoms with Crippen molar-refractivity contribution in [3.05, 3.63) is 23.2 Å². The quantitative estimate of drug-likeness (QED) is 0.481. The van der Waals surface area contributed by atoms with Gasteiger partial charge in [0.15, 0.2) is 0 Å². The first-order valence-electron chi connectivity index (χ1n) is 7.78. The minimum absolute atomic E-state index is 0.00546. The number of Topliss-reactive ketones (excluding diaryl/α,β-unsaturated/α-hetero) is 1. The molecule has 0 aromatic heterocycles. The van der Waals surface area contributed by atoms with Gasteiger partial charge >= 0.3 is 0 Å². The highest BCUT2D eigenvalue weighted by Crippen LogP contribution is 2.33. The molecule has 4 aliphatic rings. The molecular formula is C15H23N5O2. The van der Waals surface area contributed by atoms with Gasteiger partial charge in [-0.2, -0.15) is 0 Å². The van der Waals surface area contributed by atoms with Gasteiger partial charge < -0.3 is 26.2 Å². The smallest absolute Gasteiger partial charge is 0.227 e. The number of allylic oxidation sites excluding steroid dienone is 1. The third-order valence-electron chi connectivity index (χ3n) is 3.86. The van der Waals surface area contributed by atoms with E-state index in [4.69, 9.17) is 11.5 Å². The SMILES string of the molecule is CC(N)CN.O=C1C=C(N2CC2)C(=O)C(N2CC2)=C1N1CC1. The Morgan fingerprint density at radius 3 is 1.86 bits per heavy atom. The summed E-state index contributed by atoms with van der Waals surface area (Å²) in [4.78, 5) is 30.5. The first-order valence-corrected chi connectivity index (χ1v) is 7.78. The monoisotopic (exact) mass is 305 g/mol. The van der Waals surface area contributed by atoms with Gasteiger partial charge in [-0.25, -0.2) is 0 Å². The van der Waals surface area contributed by atoms with E-state index in [0.717, 1.165) is 39.3 Å². The van der Waals surface area contributed by atoms with Gasteiger partial charge in [0.2, 0.25) is 11.6 Å². The van der Waals surface area contributed by atoms with Crippen molar-refractivity contribution in [2.24, 2.45) is 11.5 Å². The summed E-state index contributed by atoms with van der Waals surface area (Å²) < 4.78 is 0. The number of nitrogens with two attached hydrogens (primary N) is 2. The van der Waals surface area contributed by atoms with Gasteiger partial charge in [-0.1, -0.05) is 0 Å². The summed E-state index contributed by atoms with van der Waals surface area (Å²) in [5.41, 5.74) is 12.1. The van der Waals surface area contributed by atoms with Crippen LogP contribution in [0.4, 0.5) is 0 Å². The molecule has 3 saturated heterocycles. The number of ketones is 2. The zero-order chi connectivity index (χ0) is 15.9. The van der Waals surface area contributed by atoms with E-state index in [9.17, 15) is 9.59 Å². The molecule has 22 heavy (non-hydrogen) atoms. The van der Waals surface area contributed by atoms with Crippen LogP contribution in [0.2, 0.25) is 0 Å². The predicted octanol–water partition coefficient (Wildman–Crippen LogP) is -1.53. The summed E-state index contributed by atoms with van der Waals surface area (Å²) in [5, 5.41) is 0. The molecule has 7 nitrogen and oxygen atoms in total. The van der Waals surface area contributed by atoms with E-state index in [1.54, 1.807) is 0 Å². The topological polar surface area (TPSA) is 95.2 Å². The summed E-state index contributed by atoms with van der Waals surface area (Å²) >= 11 is 0. The van der Waals surface area contributed by atoms with Gasteiger partial charge in [-0.05, 0) is 6.92 Å². The molecule has 7 heteroatoms. The van der Waals surface area contributed by atoms with Crippen LogP contribution in [0.5, 0.6) is 0 Å². The van der Waals surface area contributed by atoms with Gasteiger partial charge in [0.05, 0.1) is 5.70 Å². The van der Waals surface area contributed by atoms with E-state index in [1.165, 1.54) is 6.08 Å². The predicted molar refractivity (Wildman–Crippen MR) is 82.5 cm³/mol. The Labute approximate surface area is 130 Å². The molecule has 0 aromatic carbocycles. The lowest BCUT2D eigenvalue weighted by Crippen LogP contribution is -2.29. The fraction of sp³-hybridized carbons (Fsp3) is 0.600. The lowest BCUT2D eigenvalue weighted by atomic mass is 10.0. The van der Waals surface area contributed by atoms with E-state index in [2.05, 4.69) is 0 Å². The first kappa shape index (κ1) is 15.1. The highest BCUT2D eigenvalue weighted by atomic mass is 16.1. The number of nitrogens with zero attached hydrogens (tertiary/aromatic N) is 3. The molecule has 0 saturated carbocycles. The van der Waals surface area contributed by atoms with Gasteiger partial charge in [0.1, 0.15) is 11.4 Å². The Morgan fingerprint density at radius 2 is 1.45 bits per heavy atom. The van der Waals surface area contributed by atoms with Crippen molar-refractivity contribution in [3.63, 3.8) is 0 Å². The van der Waals surface area contributed by atoms with Gasteiger partial charge in [-0.15, -0.1) is 0 Å². The molecule has 0 aromatic rings. The summed E-state index contributed by atoms with van der Waals surface area (Å²) in [5.74, 6) is 0.0485. The standard InChI is InChI=1S/C12H13N3O2.C3H10N2/c16-9-7-8(13-1-2-13)12(17)11(15-5-6-15)10(9)14-3-4-14;1-3(5)2-4/h7H,1-6H2;3H,2,4-5H2,1H3. The molecule has 3 aliphatic heterocycles. The molecule has 4 N–H and O–H groups in total. The number of carbonyl (C=O) groups excluding carboxylic acids is 2. The molecule has 0 radical (unpaired) electrons. The van der Waals surface area contributed by atoms with Crippen LogP contribution in [0.25, 0.3) is 0 Å². The zero-order valence-corrected chi connectivity index (χ0v) is 12.9. The van der Waals surface area contributed by atoms with Gasteiger partial charge in [-0.3, -0.25) is 9.59 Å². The Hall–Kier alpha value is -1.86. The first-order chi connectivity index (χ1) is 10.5.